The maximum atomic E-state index is 13.8. The van der Waals surface area contributed by atoms with E-state index in [4.69, 9.17) is 11.6 Å². The number of amidine groups is 1. The van der Waals surface area contributed by atoms with Crippen molar-refractivity contribution in [2.45, 2.75) is 32.6 Å². The van der Waals surface area contributed by atoms with Crippen LogP contribution in [0.2, 0.25) is 5.02 Å². The second-order valence-corrected chi connectivity index (χ2v) is 10.4. The lowest BCUT2D eigenvalue weighted by atomic mass is 9.67. The van der Waals surface area contributed by atoms with E-state index in [1.807, 2.05) is 77.7 Å². The third-order valence-electron chi connectivity index (χ3n) is 6.74. The summed E-state index contributed by atoms with van der Waals surface area (Å²) in [6.07, 6.45) is 1.06. The van der Waals surface area contributed by atoms with Crippen molar-refractivity contribution in [3.05, 3.63) is 118 Å². The number of hydrogen-bond donors (Lipinski definition) is 2. The molecule has 0 bridgehead atoms. The molecule has 1 aliphatic carbocycles. The number of halogens is 1. The van der Waals surface area contributed by atoms with Crippen LogP contribution in [-0.2, 0) is 4.79 Å². The quantitative estimate of drug-likeness (QED) is 0.379. The number of nitrogens with zero attached hydrogens (tertiary/aromatic N) is 1. The first-order valence-corrected chi connectivity index (χ1v) is 12.1. The van der Waals surface area contributed by atoms with Gasteiger partial charge in [-0.1, -0.05) is 86.1 Å². The summed E-state index contributed by atoms with van der Waals surface area (Å²) in [5.41, 5.74) is 3.86. The van der Waals surface area contributed by atoms with E-state index in [-0.39, 0.29) is 22.8 Å². The summed E-state index contributed by atoms with van der Waals surface area (Å²) in [6, 6.07) is 26.2. The first-order valence-electron chi connectivity index (χ1n) is 11.7. The van der Waals surface area contributed by atoms with Crippen molar-refractivity contribution < 1.29 is 9.90 Å². The van der Waals surface area contributed by atoms with Gasteiger partial charge in [-0.3, -0.25) is 15.1 Å². The Balaban J connectivity index is 1.85. The van der Waals surface area contributed by atoms with Gasteiger partial charge < -0.3 is 5.11 Å². The van der Waals surface area contributed by atoms with Crippen molar-refractivity contribution in [2.75, 3.05) is 4.90 Å². The average Bonchev–Trinajstić information content (AvgIpc) is 2.84. The highest BCUT2D eigenvalue weighted by atomic mass is 35.5. The molecule has 0 saturated heterocycles. The minimum atomic E-state index is -0.571. The maximum Gasteiger partial charge on any atom is 0.162 e. The van der Waals surface area contributed by atoms with Crippen molar-refractivity contribution in [3.8, 4) is 0 Å². The van der Waals surface area contributed by atoms with Gasteiger partial charge in [0.05, 0.1) is 0 Å². The molecule has 0 fully saturated rings. The molecule has 0 spiro atoms. The van der Waals surface area contributed by atoms with Crippen LogP contribution in [0.3, 0.4) is 0 Å². The number of anilines is 1. The van der Waals surface area contributed by atoms with Crippen LogP contribution < -0.4 is 4.90 Å². The van der Waals surface area contributed by atoms with E-state index in [1.165, 1.54) is 0 Å². The summed E-state index contributed by atoms with van der Waals surface area (Å²) in [7, 11) is 0. The van der Waals surface area contributed by atoms with E-state index in [0.29, 0.717) is 34.6 Å². The lowest BCUT2D eigenvalue weighted by Gasteiger charge is -2.45. The smallest absolute Gasteiger partial charge is 0.162 e. The Morgan fingerprint density at radius 3 is 2.17 bits per heavy atom. The number of nitrogens with one attached hydrogen (secondary N) is 1. The Kier molecular flexibility index (Phi) is 5.86. The van der Waals surface area contributed by atoms with Gasteiger partial charge in [0.1, 0.15) is 11.6 Å². The molecule has 5 rings (SSSR count). The van der Waals surface area contributed by atoms with Crippen LogP contribution in [0.25, 0.3) is 5.76 Å². The van der Waals surface area contributed by atoms with Crippen molar-refractivity contribution in [3.63, 3.8) is 0 Å². The van der Waals surface area contributed by atoms with Gasteiger partial charge in [0.25, 0.3) is 0 Å². The number of ketones is 1. The molecule has 0 saturated carbocycles. The summed E-state index contributed by atoms with van der Waals surface area (Å²) in [6.45, 7) is 4.18. The van der Waals surface area contributed by atoms with Gasteiger partial charge in [-0.15, -0.1) is 0 Å². The van der Waals surface area contributed by atoms with Gasteiger partial charge in [0.15, 0.2) is 5.78 Å². The Bertz CT molecular complexity index is 1360. The molecule has 3 aromatic rings. The van der Waals surface area contributed by atoms with Crippen molar-refractivity contribution in [2.24, 2.45) is 5.41 Å². The van der Waals surface area contributed by atoms with Crippen LogP contribution >= 0.6 is 11.6 Å². The predicted octanol–water partition coefficient (Wildman–Crippen LogP) is 7.53. The summed E-state index contributed by atoms with van der Waals surface area (Å²) in [5, 5.41) is 21.6. The number of benzene rings is 3. The number of aliphatic hydroxyl groups excluding tert-OH is 1. The fourth-order valence-corrected chi connectivity index (χ4v) is 5.34. The van der Waals surface area contributed by atoms with E-state index in [2.05, 4.69) is 13.8 Å². The van der Waals surface area contributed by atoms with Gasteiger partial charge >= 0.3 is 0 Å². The molecular weight excluding hydrogens is 456 g/mol. The number of carbonyl (C=O) groups is 1. The molecule has 1 atom stereocenters. The Hall–Kier alpha value is -3.63. The second kappa shape index (κ2) is 8.86. The maximum absolute atomic E-state index is 13.8. The largest absolute Gasteiger partial charge is 0.507 e. The SMILES string of the molecule is CC1(C)CC(=O)C2=C(C1)N(c1ccccc1)C(=N)C(=C(O)c1ccccc1)C2c1ccc(Cl)cc1. The minimum absolute atomic E-state index is 0.000616. The zero-order valence-electron chi connectivity index (χ0n) is 19.8. The number of aliphatic hydroxyl groups is 1. The van der Waals surface area contributed by atoms with Gasteiger partial charge in [-0.25, -0.2) is 0 Å². The van der Waals surface area contributed by atoms with Crippen LogP contribution in [0.5, 0.6) is 0 Å². The van der Waals surface area contributed by atoms with Crippen LogP contribution in [0.4, 0.5) is 5.69 Å². The molecule has 0 radical (unpaired) electrons. The Morgan fingerprint density at radius 2 is 1.54 bits per heavy atom. The van der Waals surface area contributed by atoms with E-state index in [1.54, 1.807) is 12.1 Å². The van der Waals surface area contributed by atoms with E-state index in [9.17, 15) is 15.3 Å². The van der Waals surface area contributed by atoms with E-state index >= 15 is 0 Å². The van der Waals surface area contributed by atoms with Crippen molar-refractivity contribution in [1.29, 1.82) is 5.41 Å². The summed E-state index contributed by atoms with van der Waals surface area (Å²) in [4.78, 5) is 15.6. The van der Waals surface area contributed by atoms with Crippen molar-refractivity contribution >= 4 is 34.7 Å². The molecule has 176 valence electrons. The normalized spacial score (nSPS) is 21.1. The first kappa shape index (κ1) is 23.1. The van der Waals surface area contributed by atoms with Crippen LogP contribution in [-0.4, -0.2) is 16.7 Å². The molecular formula is C30H27ClN2O2. The summed E-state index contributed by atoms with van der Waals surface area (Å²) >= 11 is 6.19. The van der Waals surface area contributed by atoms with Gasteiger partial charge in [0, 0.05) is 45.5 Å². The first-order chi connectivity index (χ1) is 16.8. The van der Waals surface area contributed by atoms with Crippen LogP contribution in [0.1, 0.15) is 43.7 Å². The average molecular weight is 483 g/mol. The predicted molar refractivity (Wildman–Crippen MR) is 142 cm³/mol. The molecule has 5 heteroatoms. The number of Topliss-reactive ketones (excluding diaryl/α,β-unsaturated/α-hetero) is 1. The standard InChI is InChI=1S/C30H27ClN2O2/c1-30(2)17-23-26(24(34)18-30)25(19-13-15-21(31)16-14-19)27(28(35)20-9-5-3-6-10-20)29(32)33(23)22-11-7-4-8-12-22/h3-16,25,32,35H,17-18H2,1-2H3. The minimum Gasteiger partial charge on any atom is -0.507 e. The molecule has 4 nitrogen and oxygen atoms in total. The van der Waals surface area contributed by atoms with E-state index in [0.717, 1.165) is 16.9 Å². The lowest BCUT2D eigenvalue weighted by molar-refractivity contribution is -0.118. The molecule has 0 aromatic heterocycles. The van der Waals surface area contributed by atoms with Gasteiger partial charge in [0.2, 0.25) is 0 Å². The number of para-hydroxylation sites is 1. The number of rotatable bonds is 3. The molecule has 35 heavy (non-hydrogen) atoms. The fraction of sp³-hybridized carbons (Fsp3) is 0.200. The molecule has 1 unspecified atom stereocenters. The lowest BCUT2D eigenvalue weighted by Crippen LogP contribution is -2.45. The van der Waals surface area contributed by atoms with Crippen molar-refractivity contribution in [1.82, 2.24) is 0 Å². The monoisotopic (exact) mass is 482 g/mol. The Morgan fingerprint density at radius 1 is 0.943 bits per heavy atom. The molecule has 2 aliphatic rings. The molecule has 0 amide bonds. The highest BCUT2D eigenvalue weighted by Crippen LogP contribution is 2.51. The van der Waals surface area contributed by atoms with Gasteiger partial charge in [-0.2, -0.15) is 0 Å². The number of allylic oxidation sites excluding steroid dienone is 2. The molecule has 1 aliphatic heterocycles. The van der Waals surface area contributed by atoms with Crippen LogP contribution in [0, 0.1) is 10.8 Å². The third kappa shape index (κ3) is 4.19. The van der Waals surface area contributed by atoms with E-state index < -0.39 is 5.92 Å². The summed E-state index contributed by atoms with van der Waals surface area (Å²) < 4.78 is 0. The zero-order valence-corrected chi connectivity index (χ0v) is 20.5. The highest BCUT2D eigenvalue weighted by molar-refractivity contribution is 6.30. The number of hydrogen-bond acceptors (Lipinski definition) is 3. The van der Waals surface area contributed by atoms with Crippen LogP contribution in [0.15, 0.2) is 102 Å². The van der Waals surface area contributed by atoms with Gasteiger partial charge in [-0.05, 0) is 41.7 Å². The fourth-order valence-electron chi connectivity index (χ4n) is 5.22. The second-order valence-electron chi connectivity index (χ2n) is 9.93. The topological polar surface area (TPSA) is 64.4 Å². The highest BCUT2D eigenvalue weighted by Gasteiger charge is 2.46. The zero-order chi connectivity index (χ0) is 24.7. The molecule has 3 aromatic carbocycles. The number of carbonyl (C=O) groups excluding carboxylic acids is 1. The summed E-state index contributed by atoms with van der Waals surface area (Å²) in [5.74, 6) is -0.357. The molecule has 2 N–H and O–H groups in total. The third-order valence-corrected chi connectivity index (χ3v) is 6.99. The Labute approximate surface area is 210 Å². The molecule has 1 heterocycles.